The van der Waals surface area contributed by atoms with Crippen LogP contribution in [0.1, 0.15) is 135 Å². The third kappa shape index (κ3) is 18.6. The van der Waals surface area contributed by atoms with Crippen molar-refractivity contribution in [3.05, 3.63) is 0 Å². The van der Waals surface area contributed by atoms with Gasteiger partial charge >= 0.3 is 8.80 Å². The maximum absolute atomic E-state index is 5.47. The van der Waals surface area contributed by atoms with Gasteiger partial charge in [-0.2, -0.15) is 0 Å². The predicted molar refractivity (Wildman–Crippen MR) is 130 cm³/mol. The zero-order valence-corrected chi connectivity index (χ0v) is 21.6. The average molecular weight is 431 g/mol. The van der Waals surface area contributed by atoms with Crippen molar-refractivity contribution in [3.8, 4) is 0 Å². The molecule has 0 aliphatic heterocycles. The molecule has 0 aliphatic rings. The van der Waals surface area contributed by atoms with Gasteiger partial charge < -0.3 is 13.3 Å². The number of rotatable bonds is 24. The van der Waals surface area contributed by atoms with Crippen LogP contribution in [0, 0.1) is 0 Å². The molecular weight excluding hydrogens is 376 g/mol. The molecule has 0 aromatic rings. The summed E-state index contributed by atoms with van der Waals surface area (Å²) in [5.74, 6) is 0. The highest BCUT2D eigenvalue weighted by Crippen LogP contribution is 2.19. The van der Waals surface area contributed by atoms with E-state index in [1.54, 1.807) is 21.3 Å². The van der Waals surface area contributed by atoms with Crippen LogP contribution in [0.15, 0.2) is 0 Å². The quantitative estimate of drug-likeness (QED) is 0.113. The summed E-state index contributed by atoms with van der Waals surface area (Å²) in [7, 11) is 2.78. The highest BCUT2D eigenvalue weighted by Gasteiger charge is 2.36. The van der Waals surface area contributed by atoms with Crippen LogP contribution < -0.4 is 0 Å². The molecule has 0 aromatic carbocycles. The Morgan fingerprint density at radius 3 is 0.862 bits per heavy atom. The maximum Gasteiger partial charge on any atom is 0.500 e. The van der Waals surface area contributed by atoms with Crippen molar-refractivity contribution in [1.29, 1.82) is 0 Å². The zero-order valence-electron chi connectivity index (χ0n) is 20.6. The van der Waals surface area contributed by atoms with Crippen molar-refractivity contribution in [3.63, 3.8) is 0 Å². The first kappa shape index (κ1) is 29.1. The van der Waals surface area contributed by atoms with E-state index in [0.29, 0.717) is 0 Å². The standard InChI is InChI=1S/C25H54O3Si/c1-5-6-7-8-9-10-11-12-13-14-15-16-17-18-19-20-21-22-23-24-25-29(26-2,27-3)28-4/h5-25H2,1-4H3. The molecule has 0 saturated heterocycles. The van der Waals surface area contributed by atoms with Crippen LogP contribution in [-0.2, 0) is 13.3 Å². The van der Waals surface area contributed by atoms with Gasteiger partial charge in [0.25, 0.3) is 0 Å². The largest absolute Gasteiger partial charge is 0.500 e. The lowest BCUT2D eigenvalue weighted by Gasteiger charge is -2.24. The van der Waals surface area contributed by atoms with Crippen LogP contribution in [-0.4, -0.2) is 30.1 Å². The lowest BCUT2D eigenvalue weighted by Crippen LogP contribution is -2.42. The minimum atomic E-state index is -2.33. The second-order valence-electron chi connectivity index (χ2n) is 8.76. The van der Waals surface area contributed by atoms with Gasteiger partial charge in [0, 0.05) is 27.4 Å². The molecule has 0 spiro atoms. The van der Waals surface area contributed by atoms with E-state index in [-0.39, 0.29) is 0 Å². The molecule has 0 unspecified atom stereocenters. The van der Waals surface area contributed by atoms with Gasteiger partial charge in [-0.1, -0.05) is 129 Å². The summed E-state index contributed by atoms with van der Waals surface area (Å²) in [6.45, 7) is 2.29. The summed E-state index contributed by atoms with van der Waals surface area (Å²) in [6, 6.07) is 0.940. The van der Waals surface area contributed by atoms with Gasteiger partial charge in [-0.15, -0.1) is 0 Å². The summed E-state index contributed by atoms with van der Waals surface area (Å²) in [5.41, 5.74) is 0. The Hall–Kier alpha value is 0.0969. The van der Waals surface area contributed by atoms with Crippen molar-refractivity contribution in [2.24, 2.45) is 0 Å². The summed E-state index contributed by atoms with van der Waals surface area (Å²) >= 11 is 0. The molecular formula is C25H54O3Si. The van der Waals surface area contributed by atoms with Crippen molar-refractivity contribution < 1.29 is 13.3 Å². The molecule has 176 valence electrons. The number of hydrogen-bond donors (Lipinski definition) is 0. The van der Waals surface area contributed by atoms with E-state index in [2.05, 4.69) is 6.92 Å². The normalized spacial score (nSPS) is 12.0. The third-order valence-electron chi connectivity index (χ3n) is 6.27. The molecule has 0 saturated carbocycles. The highest BCUT2D eigenvalue weighted by molar-refractivity contribution is 6.60. The Kier molecular flexibility index (Phi) is 22.9. The van der Waals surface area contributed by atoms with Gasteiger partial charge in [0.15, 0.2) is 0 Å². The van der Waals surface area contributed by atoms with Gasteiger partial charge in [-0.05, 0) is 6.42 Å². The molecule has 0 aromatic heterocycles. The molecule has 0 amide bonds. The first-order chi connectivity index (χ1) is 14.2. The first-order valence-corrected chi connectivity index (χ1v) is 14.8. The Balaban J connectivity index is 3.17. The molecule has 29 heavy (non-hydrogen) atoms. The van der Waals surface area contributed by atoms with E-state index in [1.165, 1.54) is 122 Å². The van der Waals surface area contributed by atoms with E-state index in [9.17, 15) is 0 Å². The van der Waals surface area contributed by atoms with Crippen LogP contribution in [0.3, 0.4) is 0 Å². The van der Waals surface area contributed by atoms with E-state index >= 15 is 0 Å². The molecule has 0 heterocycles. The lowest BCUT2D eigenvalue weighted by atomic mass is 10.0. The van der Waals surface area contributed by atoms with Gasteiger partial charge in [0.1, 0.15) is 0 Å². The summed E-state index contributed by atoms with van der Waals surface area (Å²) in [4.78, 5) is 0. The van der Waals surface area contributed by atoms with Crippen molar-refractivity contribution in [2.45, 2.75) is 141 Å². The minimum absolute atomic E-state index is 0.940. The molecule has 0 aliphatic carbocycles. The molecule has 4 heteroatoms. The fraction of sp³-hybridized carbons (Fsp3) is 1.00. The van der Waals surface area contributed by atoms with Gasteiger partial charge in [-0.3, -0.25) is 0 Å². The van der Waals surface area contributed by atoms with E-state index < -0.39 is 8.80 Å². The molecule has 0 N–H and O–H groups in total. The zero-order chi connectivity index (χ0) is 21.5. The molecule has 0 fully saturated rings. The lowest BCUT2D eigenvalue weighted by molar-refractivity contribution is 0.122. The first-order valence-electron chi connectivity index (χ1n) is 12.9. The summed E-state index contributed by atoms with van der Waals surface area (Å²) in [6.07, 6.45) is 28.3. The summed E-state index contributed by atoms with van der Waals surface area (Å²) < 4.78 is 16.4. The Labute approximate surface area is 185 Å². The monoisotopic (exact) mass is 430 g/mol. The van der Waals surface area contributed by atoms with Crippen LogP contribution in [0.5, 0.6) is 0 Å². The van der Waals surface area contributed by atoms with Crippen LogP contribution in [0.4, 0.5) is 0 Å². The molecule has 0 atom stereocenters. The predicted octanol–water partition coefficient (Wildman–Crippen LogP) is 8.69. The van der Waals surface area contributed by atoms with Gasteiger partial charge in [-0.25, -0.2) is 0 Å². The number of hydrogen-bond acceptors (Lipinski definition) is 3. The van der Waals surface area contributed by atoms with Gasteiger partial charge in [0.05, 0.1) is 0 Å². The molecule has 3 nitrogen and oxygen atoms in total. The highest BCUT2D eigenvalue weighted by atomic mass is 28.4. The molecule has 0 bridgehead atoms. The van der Waals surface area contributed by atoms with E-state index in [0.717, 1.165) is 12.5 Å². The Morgan fingerprint density at radius 1 is 0.379 bits per heavy atom. The van der Waals surface area contributed by atoms with Gasteiger partial charge in [0.2, 0.25) is 0 Å². The molecule has 0 rings (SSSR count). The summed E-state index contributed by atoms with van der Waals surface area (Å²) in [5, 5.41) is 0. The minimum Gasteiger partial charge on any atom is -0.377 e. The second-order valence-corrected chi connectivity index (χ2v) is 11.9. The second kappa shape index (κ2) is 22.8. The van der Waals surface area contributed by atoms with Crippen LogP contribution >= 0.6 is 0 Å². The molecule has 0 radical (unpaired) electrons. The number of unbranched alkanes of at least 4 members (excludes halogenated alkanes) is 19. The SMILES string of the molecule is CCCCCCCCCCCCCCCCCCCCCC[Si](OC)(OC)OC. The topological polar surface area (TPSA) is 27.7 Å². The van der Waals surface area contributed by atoms with Crippen molar-refractivity contribution in [1.82, 2.24) is 0 Å². The van der Waals surface area contributed by atoms with E-state index in [4.69, 9.17) is 13.3 Å². The van der Waals surface area contributed by atoms with E-state index in [1.807, 2.05) is 0 Å². The third-order valence-corrected chi connectivity index (χ3v) is 9.10. The fourth-order valence-corrected chi connectivity index (χ4v) is 5.95. The smallest absolute Gasteiger partial charge is 0.377 e. The van der Waals surface area contributed by atoms with Crippen molar-refractivity contribution in [2.75, 3.05) is 21.3 Å². The average Bonchev–Trinajstić information content (AvgIpc) is 2.75. The Bertz CT molecular complexity index is 300. The Morgan fingerprint density at radius 2 is 0.621 bits per heavy atom. The van der Waals surface area contributed by atoms with Crippen molar-refractivity contribution >= 4 is 8.80 Å². The van der Waals surface area contributed by atoms with Crippen LogP contribution in [0.2, 0.25) is 6.04 Å². The maximum atomic E-state index is 5.47. The fourth-order valence-electron chi connectivity index (χ4n) is 4.15. The van der Waals surface area contributed by atoms with Crippen LogP contribution in [0.25, 0.3) is 0 Å².